The Morgan fingerprint density at radius 1 is 1.27 bits per heavy atom. The third-order valence-corrected chi connectivity index (χ3v) is 4.52. The molecule has 1 unspecified atom stereocenters. The third kappa shape index (κ3) is 9.88. The number of hydrogen-bond donors (Lipinski definition) is 4. The summed E-state index contributed by atoms with van der Waals surface area (Å²) in [6.45, 7) is 6.35. The standard InChI is InChI=1S/C19H32F3N3O5/c1-17(2,12-29-15-7-5-6-9-28-15)13(23)11-14(26)25-16(27)18(3,4)24-8-10-30-19(20,21)22/h11,15,23-24,26H,5-10,12H2,1-4H3,(H,25,27)/b14-11-,23-13?. The summed E-state index contributed by atoms with van der Waals surface area (Å²) in [7, 11) is 0. The number of rotatable bonds is 11. The van der Waals surface area contributed by atoms with Crippen LogP contribution in [0.15, 0.2) is 12.0 Å². The minimum Gasteiger partial charge on any atom is -0.494 e. The first kappa shape index (κ1) is 26.3. The Balaban J connectivity index is 2.51. The Morgan fingerprint density at radius 3 is 2.50 bits per heavy atom. The van der Waals surface area contributed by atoms with Gasteiger partial charge in [0.1, 0.15) is 0 Å². The van der Waals surface area contributed by atoms with Gasteiger partial charge in [-0.25, -0.2) is 0 Å². The molecular weight excluding hydrogens is 407 g/mol. The largest absolute Gasteiger partial charge is 0.522 e. The van der Waals surface area contributed by atoms with Gasteiger partial charge < -0.3 is 25.3 Å². The smallest absolute Gasteiger partial charge is 0.494 e. The van der Waals surface area contributed by atoms with Crippen LogP contribution in [-0.4, -0.2) is 61.3 Å². The number of alkyl halides is 3. The van der Waals surface area contributed by atoms with E-state index in [1.54, 1.807) is 13.8 Å². The van der Waals surface area contributed by atoms with Crippen molar-refractivity contribution < 1.29 is 37.3 Å². The maximum Gasteiger partial charge on any atom is 0.522 e. The molecule has 0 aromatic heterocycles. The molecule has 1 aliphatic rings. The highest BCUT2D eigenvalue weighted by molar-refractivity contribution is 5.98. The lowest BCUT2D eigenvalue weighted by atomic mass is 9.88. The fraction of sp³-hybridized carbons (Fsp3) is 0.789. The van der Waals surface area contributed by atoms with Crippen molar-refractivity contribution in [3.05, 3.63) is 12.0 Å². The van der Waals surface area contributed by atoms with E-state index < -0.39 is 35.7 Å². The topological polar surface area (TPSA) is 113 Å². The Morgan fingerprint density at radius 2 is 1.93 bits per heavy atom. The van der Waals surface area contributed by atoms with Crippen LogP contribution in [0.2, 0.25) is 0 Å². The summed E-state index contributed by atoms with van der Waals surface area (Å²) >= 11 is 0. The normalized spacial score (nSPS) is 18.9. The molecule has 30 heavy (non-hydrogen) atoms. The van der Waals surface area contributed by atoms with Crippen LogP contribution in [0.25, 0.3) is 0 Å². The number of hydrogen-bond acceptors (Lipinski definition) is 7. The molecular formula is C19H32F3N3O5. The van der Waals surface area contributed by atoms with E-state index in [9.17, 15) is 23.1 Å². The zero-order valence-electron chi connectivity index (χ0n) is 17.8. The van der Waals surface area contributed by atoms with Crippen molar-refractivity contribution in [2.24, 2.45) is 5.41 Å². The fourth-order valence-corrected chi connectivity index (χ4v) is 2.47. The first-order valence-corrected chi connectivity index (χ1v) is 9.73. The molecule has 1 aliphatic heterocycles. The molecule has 174 valence electrons. The lowest BCUT2D eigenvalue weighted by Gasteiger charge is -2.29. The lowest BCUT2D eigenvalue weighted by molar-refractivity contribution is -0.323. The van der Waals surface area contributed by atoms with Crippen LogP contribution < -0.4 is 10.6 Å². The predicted octanol–water partition coefficient (Wildman–Crippen LogP) is 3.00. The molecule has 0 saturated carbocycles. The number of carbonyl (C=O) groups excluding carboxylic acids is 1. The van der Waals surface area contributed by atoms with Gasteiger partial charge in [-0.2, -0.15) is 0 Å². The lowest BCUT2D eigenvalue weighted by Crippen LogP contribution is -2.53. The predicted molar refractivity (Wildman–Crippen MR) is 104 cm³/mol. The summed E-state index contributed by atoms with van der Waals surface area (Å²) in [5.41, 5.74) is -2.00. The highest BCUT2D eigenvalue weighted by Gasteiger charge is 2.31. The minimum atomic E-state index is -4.74. The monoisotopic (exact) mass is 439 g/mol. The van der Waals surface area contributed by atoms with Crippen LogP contribution in [0, 0.1) is 10.8 Å². The van der Waals surface area contributed by atoms with E-state index in [4.69, 9.17) is 14.9 Å². The second-order valence-corrected chi connectivity index (χ2v) is 8.23. The molecule has 11 heteroatoms. The summed E-state index contributed by atoms with van der Waals surface area (Å²) < 4.78 is 50.8. The highest BCUT2D eigenvalue weighted by Crippen LogP contribution is 2.22. The number of nitrogens with one attached hydrogen (secondary N) is 3. The van der Waals surface area contributed by atoms with Crippen molar-refractivity contribution in [3.63, 3.8) is 0 Å². The molecule has 1 atom stereocenters. The summed E-state index contributed by atoms with van der Waals surface area (Å²) in [6.07, 6.45) is -1.15. The van der Waals surface area contributed by atoms with E-state index in [-0.39, 0.29) is 25.2 Å². The number of allylic oxidation sites excluding steroid dienone is 1. The first-order chi connectivity index (χ1) is 13.7. The van der Waals surface area contributed by atoms with Crippen molar-refractivity contribution in [1.82, 2.24) is 10.6 Å². The summed E-state index contributed by atoms with van der Waals surface area (Å²) in [6, 6.07) is 0. The van der Waals surface area contributed by atoms with Gasteiger partial charge >= 0.3 is 6.36 Å². The number of amides is 1. The van der Waals surface area contributed by atoms with Crippen molar-refractivity contribution in [2.45, 2.75) is 65.1 Å². The molecule has 0 spiro atoms. The molecule has 0 radical (unpaired) electrons. The quantitative estimate of drug-likeness (QED) is 0.224. The van der Waals surface area contributed by atoms with Gasteiger partial charge in [0, 0.05) is 30.4 Å². The molecule has 1 fully saturated rings. The van der Waals surface area contributed by atoms with Crippen LogP contribution in [0.1, 0.15) is 47.0 Å². The number of halogens is 3. The minimum absolute atomic E-state index is 0.0282. The summed E-state index contributed by atoms with van der Waals surface area (Å²) in [4.78, 5) is 12.3. The molecule has 8 nitrogen and oxygen atoms in total. The van der Waals surface area contributed by atoms with Gasteiger partial charge in [-0.1, -0.05) is 13.8 Å². The molecule has 0 aliphatic carbocycles. The van der Waals surface area contributed by atoms with E-state index in [1.165, 1.54) is 13.8 Å². The van der Waals surface area contributed by atoms with Crippen molar-refractivity contribution >= 4 is 11.6 Å². The van der Waals surface area contributed by atoms with Gasteiger partial charge in [-0.05, 0) is 33.1 Å². The molecule has 1 saturated heterocycles. The van der Waals surface area contributed by atoms with Crippen LogP contribution in [0.3, 0.4) is 0 Å². The molecule has 4 N–H and O–H groups in total. The average molecular weight is 439 g/mol. The zero-order chi connectivity index (χ0) is 23.0. The Bertz CT molecular complexity index is 615. The van der Waals surface area contributed by atoms with Crippen molar-refractivity contribution in [1.29, 1.82) is 5.41 Å². The Hall–Kier alpha value is -1.69. The van der Waals surface area contributed by atoms with Crippen molar-refractivity contribution in [3.8, 4) is 0 Å². The SMILES string of the molecule is CC(C)(COC1CCCCO1)C(=N)/C=C(\O)NC(=O)C(C)(C)NCCOC(F)(F)F. The maximum atomic E-state index is 12.3. The van der Waals surface area contributed by atoms with Gasteiger partial charge in [0.05, 0.1) is 18.8 Å². The van der Waals surface area contributed by atoms with Crippen LogP contribution >= 0.6 is 0 Å². The molecule has 1 heterocycles. The molecule has 0 bridgehead atoms. The number of aliphatic hydroxyl groups is 1. The molecule has 1 amide bonds. The average Bonchev–Trinajstić information content (AvgIpc) is 2.63. The number of carbonyl (C=O) groups is 1. The second-order valence-electron chi connectivity index (χ2n) is 8.23. The summed E-state index contributed by atoms with van der Waals surface area (Å²) in [5, 5.41) is 23.1. The van der Waals surface area contributed by atoms with Crippen LogP contribution in [-0.2, 0) is 19.0 Å². The van der Waals surface area contributed by atoms with Gasteiger partial charge in [0.2, 0.25) is 5.91 Å². The fourth-order valence-electron chi connectivity index (χ4n) is 2.47. The number of aliphatic hydroxyl groups excluding tert-OH is 1. The number of ether oxygens (including phenoxy) is 3. The summed E-state index contributed by atoms with van der Waals surface area (Å²) in [5.74, 6) is -1.23. The Labute approximate surface area is 174 Å². The van der Waals surface area contributed by atoms with Gasteiger partial charge in [-0.15, -0.1) is 13.2 Å². The molecule has 0 aromatic rings. The maximum absolute atomic E-state index is 12.3. The van der Waals surface area contributed by atoms with Crippen LogP contribution in [0.5, 0.6) is 0 Å². The Kier molecular flexibility index (Phi) is 9.73. The zero-order valence-corrected chi connectivity index (χ0v) is 17.8. The first-order valence-electron chi connectivity index (χ1n) is 9.73. The van der Waals surface area contributed by atoms with Crippen LogP contribution in [0.4, 0.5) is 13.2 Å². The molecule has 0 aromatic carbocycles. The van der Waals surface area contributed by atoms with Gasteiger partial charge in [-0.3, -0.25) is 14.8 Å². The van der Waals surface area contributed by atoms with E-state index in [1.807, 2.05) is 0 Å². The van der Waals surface area contributed by atoms with Gasteiger partial charge in [0.15, 0.2) is 12.2 Å². The second kappa shape index (κ2) is 11.1. The third-order valence-electron chi connectivity index (χ3n) is 4.52. The highest BCUT2D eigenvalue weighted by atomic mass is 19.4. The van der Waals surface area contributed by atoms with Crippen molar-refractivity contribution in [2.75, 3.05) is 26.4 Å². The van der Waals surface area contributed by atoms with Gasteiger partial charge in [0.25, 0.3) is 0 Å². The van der Waals surface area contributed by atoms with E-state index in [2.05, 4.69) is 15.4 Å². The van der Waals surface area contributed by atoms with E-state index in [0.29, 0.717) is 6.61 Å². The molecule has 1 rings (SSSR count). The van der Waals surface area contributed by atoms with E-state index in [0.717, 1.165) is 25.3 Å². The van der Waals surface area contributed by atoms with E-state index >= 15 is 0 Å².